The lowest BCUT2D eigenvalue weighted by molar-refractivity contribution is -0.384. The van der Waals surface area contributed by atoms with Crippen LogP contribution in [0.5, 0.6) is 5.75 Å². The third-order valence-electron chi connectivity index (χ3n) is 1.96. The number of amides is 1. The second-order valence-corrected chi connectivity index (χ2v) is 3.35. The fraction of sp³-hybridized carbons (Fsp3) is 0.300. The molecule has 0 fully saturated rings. The van der Waals surface area contributed by atoms with E-state index < -0.39 is 10.8 Å². The smallest absolute Gasteiger partial charge is 0.271 e. The predicted octanol–water partition coefficient (Wildman–Crippen LogP) is 0.214. The summed E-state index contributed by atoms with van der Waals surface area (Å²) in [6, 6.07) is 3.33. The topological polar surface area (TPSA) is 128 Å². The third kappa shape index (κ3) is 4.00. The van der Waals surface area contributed by atoms with Crippen molar-refractivity contribution in [2.45, 2.75) is 0 Å². The van der Waals surface area contributed by atoms with Crippen molar-refractivity contribution in [1.82, 2.24) is 0 Å². The largest absolute Gasteiger partial charge is 0.506 e. The number of anilines is 1. The Labute approximate surface area is 103 Å². The molecule has 0 saturated heterocycles. The number of aromatic hydroxyl groups is 1. The van der Waals surface area contributed by atoms with E-state index in [-0.39, 0.29) is 36.9 Å². The fourth-order valence-electron chi connectivity index (χ4n) is 1.17. The highest BCUT2D eigenvalue weighted by atomic mass is 16.6. The number of nitro benzene ring substituents is 1. The maximum atomic E-state index is 11.4. The Kier molecular flexibility index (Phi) is 5.03. The molecule has 1 amide bonds. The number of carbonyl (C=O) groups excluding carboxylic acids is 1. The number of benzene rings is 1. The number of hydrogen-bond donors (Lipinski definition) is 3. The predicted molar refractivity (Wildman–Crippen MR) is 63.3 cm³/mol. The molecule has 98 valence electrons. The van der Waals surface area contributed by atoms with Crippen LogP contribution >= 0.6 is 0 Å². The van der Waals surface area contributed by atoms with Crippen molar-refractivity contribution in [2.24, 2.45) is 5.73 Å². The van der Waals surface area contributed by atoms with Gasteiger partial charge in [0.2, 0.25) is 5.91 Å². The van der Waals surface area contributed by atoms with Gasteiger partial charge in [0.25, 0.3) is 5.69 Å². The molecular formula is C10H13N3O5. The highest BCUT2D eigenvalue weighted by molar-refractivity contribution is 5.93. The van der Waals surface area contributed by atoms with Crippen LogP contribution in [0.3, 0.4) is 0 Å². The van der Waals surface area contributed by atoms with E-state index in [1.807, 2.05) is 0 Å². The first kappa shape index (κ1) is 13.9. The molecule has 18 heavy (non-hydrogen) atoms. The summed E-state index contributed by atoms with van der Waals surface area (Å²) in [4.78, 5) is 21.3. The molecule has 0 spiro atoms. The van der Waals surface area contributed by atoms with Crippen LogP contribution in [0.2, 0.25) is 0 Å². The highest BCUT2D eigenvalue weighted by Gasteiger charge is 2.12. The molecule has 0 heterocycles. The van der Waals surface area contributed by atoms with Gasteiger partial charge in [-0.1, -0.05) is 0 Å². The summed E-state index contributed by atoms with van der Waals surface area (Å²) in [5.41, 5.74) is 4.91. The van der Waals surface area contributed by atoms with E-state index in [1.165, 1.54) is 0 Å². The van der Waals surface area contributed by atoms with Crippen molar-refractivity contribution in [1.29, 1.82) is 0 Å². The molecule has 1 aromatic rings. The number of nitrogens with two attached hydrogens (primary N) is 1. The van der Waals surface area contributed by atoms with Crippen LogP contribution in [0.25, 0.3) is 0 Å². The average molecular weight is 255 g/mol. The monoisotopic (exact) mass is 255 g/mol. The first-order valence-electron chi connectivity index (χ1n) is 5.09. The number of hydrogen-bond acceptors (Lipinski definition) is 6. The number of non-ortho nitro benzene ring substituents is 1. The van der Waals surface area contributed by atoms with Crippen LogP contribution in [-0.2, 0) is 9.53 Å². The molecule has 4 N–H and O–H groups in total. The van der Waals surface area contributed by atoms with Crippen molar-refractivity contribution in [3.8, 4) is 5.75 Å². The number of nitrogens with zero attached hydrogens (tertiary/aromatic N) is 1. The van der Waals surface area contributed by atoms with Gasteiger partial charge < -0.3 is 20.9 Å². The van der Waals surface area contributed by atoms with E-state index in [9.17, 15) is 20.0 Å². The Hall–Kier alpha value is -2.19. The Morgan fingerprint density at radius 2 is 2.28 bits per heavy atom. The molecule has 0 aliphatic heterocycles. The van der Waals surface area contributed by atoms with Gasteiger partial charge in [0.05, 0.1) is 17.2 Å². The Morgan fingerprint density at radius 3 is 2.89 bits per heavy atom. The second-order valence-electron chi connectivity index (χ2n) is 3.35. The van der Waals surface area contributed by atoms with Crippen LogP contribution in [-0.4, -0.2) is 35.7 Å². The van der Waals surface area contributed by atoms with Gasteiger partial charge in [-0.15, -0.1) is 0 Å². The maximum absolute atomic E-state index is 11.4. The quantitative estimate of drug-likeness (QED) is 0.288. The molecule has 0 unspecified atom stereocenters. The number of nitrogens with one attached hydrogen (secondary N) is 1. The molecule has 0 aliphatic carbocycles. The van der Waals surface area contributed by atoms with Gasteiger partial charge in [-0.2, -0.15) is 0 Å². The maximum Gasteiger partial charge on any atom is 0.271 e. The van der Waals surface area contributed by atoms with Gasteiger partial charge in [-0.05, 0) is 6.07 Å². The number of rotatable bonds is 6. The lowest BCUT2D eigenvalue weighted by atomic mass is 10.2. The van der Waals surface area contributed by atoms with Crippen molar-refractivity contribution in [3.63, 3.8) is 0 Å². The van der Waals surface area contributed by atoms with E-state index in [4.69, 9.17) is 10.5 Å². The summed E-state index contributed by atoms with van der Waals surface area (Å²) in [6.45, 7) is 0.281. The zero-order valence-electron chi connectivity index (χ0n) is 9.46. The average Bonchev–Trinajstić information content (AvgIpc) is 2.32. The summed E-state index contributed by atoms with van der Waals surface area (Å²) < 4.78 is 4.88. The van der Waals surface area contributed by atoms with Crippen molar-refractivity contribution in [2.75, 3.05) is 25.1 Å². The lowest BCUT2D eigenvalue weighted by Gasteiger charge is -2.07. The third-order valence-corrected chi connectivity index (χ3v) is 1.96. The molecule has 0 aromatic heterocycles. The number of nitro groups is 1. The molecule has 0 bridgehead atoms. The normalized spacial score (nSPS) is 10.1. The van der Waals surface area contributed by atoms with Crippen LogP contribution in [0, 0.1) is 10.1 Å². The van der Waals surface area contributed by atoms with Crippen LogP contribution < -0.4 is 11.1 Å². The SMILES string of the molecule is NCCOCC(=O)Nc1cc([N+](=O)[O-])ccc1O. The van der Waals surface area contributed by atoms with Gasteiger partial charge in [0.15, 0.2) is 0 Å². The summed E-state index contributed by atoms with van der Waals surface area (Å²) in [5.74, 6) is -0.785. The van der Waals surface area contributed by atoms with E-state index in [1.54, 1.807) is 0 Å². The zero-order chi connectivity index (χ0) is 13.5. The summed E-state index contributed by atoms with van der Waals surface area (Å²) in [7, 11) is 0. The molecule has 0 saturated carbocycles. The summed E-state index contributed by atoms with van der Waals surface area (Å²) in [5, 5.41) is 22.3. The molecule has 1 rings (SSSR count). The van der Waals surface area contributed by atoms with Crippen LogP contribution in [0.1, 0.15) is 0 Å². The molecule has 0 atom stereocenters. The zero-order valence-corrected chi connectivity index (χ0v) is 9.46. The first-order chi connectivity index (χ1) is 8.54. The minimum Gasteiger partial charge on any atom is -0.506 e. The molecule has 1 aromatic carbocycles. The minimum absolute atomic E-state index is 0.0365. The van der Waals surface area contributed by atoms with E-state index in [0.29, 0.717) is 0 Å². The van der Waals surface area contributed by atoms with Crippen molar-refractivity contribution < 1.29 is 19.6 Å². The Balaban J connectivity index is 2.68. The lowest BCUT2D eigenvalue weighted by Crippen LogP contribution is -2.20. The van der Waals surface area contributed by atoms with Gasteiger partial charge in [-0.3, -0.25) is 14.9 Å². The van der Waals surface area contributed by atoms with Crippen LogP contribution in [0.4, 0.5) is 11.4 Å². The van der Waals surface area contributed by atoms with E-state index >= 15 is 0 Å². The molecule has 0 aliphatic rings. The second kappa shape index (κ2) is 6.52. The van der Waals surface area contributed by atoms with Gasteiger partial charge in [0, 0.05) is 18.7 Å². The standard InChI is InChI=1S/C10H13N3O5/c11-3-4-18-6-10(15)12-8-5-7(13(16)17)1-2-9(8)14/h1-2,5,14H,3-4,6,11H2,(H,12,15). The van der Waals surface area contributed by atoms with Gasteiger partial charge in [0.1, 0.15) is 12.4 Å². The summed E-state index contributed by atoms with van der Waals surface area (Å²) in [6.07, 6.45) is 0. The number of phenols is 1. The fourth-order valence-corrected chi connectivity index (χ4v) is 1.17. The Bertz CT molecular complexity index is 449. The van der Waals surface area contributed by atoms with Crippen molar-refractivity contribution >= 4 is 17.3 Å². The minimum atomic E-state index is -0.625. The Morgan fingerprint density at radius 1 is 1.56 bits per heavy atom. The number of phenolic OH excluding ortho intramolecular Hbond substituents is 1. The molecular weight excluding hydrogens is 242 g/mol. The molecule has 0 radical (unpaired) electrons. The summed E-state index contributed by atoms with van der Waals surface area (Å²) >= 11 is 0. The number of ether oxygens (including phenoxy) is 1. The molecule has 8 heteroatoms. The van der Waals surface area contributed by atoms with E-state index in [0.717, 1.165) is 18.2 Å². The van der Waals surface area contributed by atoms with Crippen LogP contribution in [0.15, 0.2) is 18.2 Å². The number of carbonyl (C=O) groups is 1. The first-order valence-corrected chi connectivity index (χ1v) is 5.09. The molecule has 8 nitrogen and oxygen atoms in total. The van der Waals surface area contributed by atoms with Crippen molar-refractivity contribution in [3.05, 3.63) is 28.3 Å². The van der Waals surface area contributed by atoms with E-state index in [2.05, 4.69) is 5.32 Å². The van der Waals surface area contributed by atoms with Gasteiger partial charge in [-0.25, -0.2) is 0 Å². The highest BCUT2D eigenvalue weighted by Crippen LogP contribution is 2.27. The van der Waals surface area contributed by atoms with Gasteiger partial charge >= 0.3 is 0 Å².